The molecule has 2 rings (SSSR count). The van der Waals surface area contributed by atoms with Crippen molar-refractivity contribution in [2.24, 2.45) is 11.8 Å². The summed E-state index contributed by atoms with van der Waals surface area (Å²) in [6.45, 7) is 4.46. The van der Waals surface area contributed by atoms with E-state index in [4.69, 9.17) is 5.11 Å². The molecule has 2 N–H and O–H groups in total. The van der Waals surface area contributed by atoms with Gasteiger partial charge in [-0.3, -0.25) is 0 Å². The molecule has 1 aromatic heterocycles. The zero-order valence-corrected chi connectivity index (χ0v) is 10.2. The van der Waals surface area contributed by atoms with Crippen LogP contribution in [0.15, 0.2) is 18.3 Å². The van der Waals surface area contributed by atoms with Gasteiger partial charge in [0.1, 0.15) is 0 Å². The minimum atomic E-state index is -0.980. The van der Waals surface area contributed by atoms with Gasteiger partial charge in [-0.15, -0.1) is 0 Å². The average Bonchev–Trinajstić information content (AvgIpc) is 2.61. The van der Waals surface area contributed by atoms with Gasteiger partial charge in [-0.2, -0.15) is 0 Å². The SMILES string of the molecule is CC1CCC(Nc2cccnc2C(=O)O)C1C. The van der Waals surface area contributed by atoms with E-state index in [0.29, 0.717) is 23.6 Å². The molecule has 0 spiro atoms. The molecule has 1 saturated carbocycles. The molecule has 0 radical (unpaired) electrons. The number of nitrogens with zero attached hydrogens (tertiary/aromatic N) is 1. The van der Waals surface area contributed by atoms with Gasteiger partial charge in [0.2, 0.25) is 0 Å². The van der Waals surface area contributed by atoms with Crippen molar-refractivity contribution in [2.45, 2.75) is 32.7 Å². The Hall–Kier alpha value is -1.58. The molecule has 3 atom stereocenters. The van der Waals surface area contributed by atoms with Crippen LogP contribution >= 0.6 is 0 Å². The van der Waals surface area contributed by atoms with E-state index >= 15 is 0 Å². The van der Waals surface area contributed by atoms with Crippen LogP contribution in [0.3, 0.4) is 0 Å². The summed E-state index contributed by atoms with van der Waals surface area (Å²) >= 11 is 0. The van der Waals surface area contributed by atoms with E-state index in [1.165, 1.54) is 12.6 Å². The van der Waals surface area contributed by atoms with Gasteiger partial charge in [-0.25, -0.2) is 9.78 Å². The summed E-state index contributed by atoms with van der Waals surface area (Å²) in [4.78, 5) is 14.9. The summed E-state index contributed by atoms with van der Waals surface area (Å²) < 4.78 is 0. The molecule has 0 saturated heterocycles. The standard InChI is InChI=1S/C13H18N2O2/c1-8-5-6-10(9(8)2)15-11-4-3-7-14-12(11)13(16)17/h3-4,7-10,15H,5-6H2,1-2H3,(H,16,17). The van der Waals surface area contributed by atoms with E-state index in [-0.39, 0.29) is 5.69 Å². The Bertz CT molecular complexity index is 420. The first kappa shape index (κ1) is 11.9. The molecule has 1 aromatic rings. The van der Waals surface area contributed by atoms with Crippen molar-refractivity contribution in [2.75, 3.05) is 5.32 Å². The smallest absolute Gasteiger partial charge is 0.356 e. The lowest BCUT2D eigenvalue weighted by Gasteiger charge is -2.21. The number of hydrogen-bond donors (Lipinski definition) is 2. The van der Waals surface area contributed by atoms with Gasteiger partial charge >= 0.3 is 5.97 Å². The van der Waals surface area contributed by atoms with Gasteiger partial charge in [-0.05, 0) is 36.8 Å². The Morgan fingerprint density at radius 1 is 1.47 bits per heavy atom. The van der Waals surface area contributed by atoms with Gasteiger partial charge in [0.25, 0.3) is 0 Å². The second kappa shape index (κ2) is 4.73. The molecule has 17 heavy (non-hydrogen) atoms. The molecular formula is C13H18N2O2. The maximum absolute atomic E-state index is 11.0. The quantitative estimate of drug-likeness (QED) is 0.844. The van der Waals surface area contributed by atoms with Crippen LogP contribution in [0.1, 0.15) is 37.2 Å². The molecular weight excluding hydrogens is 216 g/mol. The zero-order valence-electron chi connectivity index (χ0n) is 10.2. The van der Waals surface area contributed by atoms with Crippen LogP contribution in [-0.4, -0.2) is 22.1 Å². The van der Waals surface area contributed by atoms with Crippen molar-refractivity contribution in [3.63, 3.8) is 0 Å². The first-order chi connectivity index (χ1) is 8.09. The Morgan fingerprint density at radius 3 is 2.82 bits per heavy atom. The summed E-state index contributed by atoms with van der Waals surface area (Å²) in [5.74, 6) is 0.279. The number of carbonyl (C=O) groups is 1. The minimum absolute atomic E-state index is 0.110. The van der Waals surface area contributed by atoms with Crippen LogP contribution in [0.5, 0.6) is 0 Å². The van der Waals surface area contributed by atoms with Crippen molar-refractivity contribution in [3.05, 3.63) is 24.0 Å². The first-order valence-corrected chi connectivity index (χ1v) is 6.04. The molecule has 0 amide bonds. The molecule has 0 bridgehead atoms. The number of anilines is 1. The van der Waals surface area contributed by atoms with Crippen LogP contribution in [0.2, 0.25) is 0 Å². The van der Waals surface area contributed by atoms with Crippen LogP contribution in [0.4, 0.5) is 5.69 Å². The highest BCUT2D eigenvalue weighted by Crippen LogP contribution is 2.33. The van der Waals surface area contributed by atoms with Gasteiger partial charge in [-0.1, -0.05) is 13.8 Å². The van der Waals surface area contributed by atoms with E-state index in [2.05, 4.69) is 24.1 Å². The summed E-state index contributed by atoms with van der Waals surface area (Å²) in [6, 6.07) is 3.90. The molecule has 0 aliphatic heterocycles. The van der Waals surface area contributed by atoms with E-state index in [0.717, 1.165) is 6.42 Å². The number of pyridine rings is 1. The second-order valence-corrected chi connectivity index (χ2v) is 4.87. The Morgan fingerprint density at radius 2 is 2.24 bits per heavy atom. The normalized spacial score (nSPS) is 28.0. The largest absolute Gasteiger partial charge is 0.476 e. The van der Waals surface area contributed by atoms with E-state index in [1.54, 1.807) is 12.1 Å². The topological polar surface area (TPSA) is 62.2 Å². The monoisotopic (exact) mass is 234 g/mol. The molecule has 4 nitrogen and oxygen atoms in total. The maximum Gasteiger partial charge on any atom is 0.356 e. The Kier molecular flexibility index (Phi) is 3.31. The lowest BCUT2D eigenvalue weighted by Crippen LogP contribution is -2.25. The zero-order chi connectivity index (χ0) is 12.4. The number of carboxylic acid groups (broad SMARTS) is 1. The molecule has 4 heteroatoms. The summed E-state index contributed by atoms with van der Waals surface area (Å²) in [5.41, 5.74) is 0.741. The third kappa shape index (κ3) is 2.40. The highest BCUT2D eigenvalue weighted by atomic mass is 16.4. The fourth-order valence-corrected chi connectivity index (χ4v) is 2.46. The van der Waals surface area contributed by atoms with Crippen LogP contribution in [0, 0.1) is 11.8 Å². The highest BCUT2D eigenvalue weighted by molar-refractivity contribution is 5.91. The van der Waals surface area contributed by atoms with Crippen molar-refractivity contribution < 1.29 is 9.90 Å². The Labute approximate surface area is 101 Å². The molecule has 0 aromatic carbocycles. The van der Waals surface area contributed by atoms with E-state index in [9.17, 15) is 4.79 Å². The van der Waals surface area contributed by atoms with Gasteiger partial charge in [0, 0.05) is 12.2 Å². The van der Waals surface area contributed by atoms with Crippen molar-refractivity contribution in [1.29, 1.82) is 0 Å². The van der Waals surface area contributed by atoms with Gasteiger partial charge in [0.15, 0.2) is 5.69 Å². The lowest BCUT2D eigenvalue weighted by molar-refractivity contribution is 0.0691. The molecule has 1 aliphatic carbocycles. The van der Waals surface area contributed by atoms with Crippen LogP contribution in [-0.2, 0) is 0 Å². The number of carboxylic acids is 1. The van der Waals surface area contributed by atoms with E-state index in [1.807, 2.05) is 0 Å². The van der Waals surface area contributed by atoms with Crippen LogP contribution < -0.4 is 5.32 Å². The predicted octanol–water partition coefficient (Wildman–Crippen LogP) is 2.63. The van der Waals surface area contributed by atoms with Crippen molar-refractivity contribution >= 4 is 11.7 Å². The third-order valence-corrected chi connectivity index (χ3v) is 3.82. The summed E-state index contributed by atoms with van der Waals surface area (Å²) in [6.07, 6.45) is 3.80. The predicted molar refractivity (Wildman–Crippen MR) is 66.2 cm³/mol. The number of nitrogens with one attached hydrogen (secondary N) is 1. The second-order valence-electron chi connectivity index (χ2n) is 4.87. The molecule has 1 fully saturated rings. The minimum Gasteiger partial charge on any atom is -0.476 e. The number of rotatable bonds is 3. The molecule has 3 unspecified atom stereocenters. The van der Waals surface area contributed by atoms with Crippen molar-refractivity contribution in [1.82, 2.24) is 4.98 Å². The average molecular weight is 234 g/mol. The summed E-state index contributed by atoms with van der Waals surface area (Å²) in [7, 11) is 0. The number of hydrogen-bond acceptors (Lipinski definition) is 3. The molecule has 92 valence electrons. The fourth-order valence-electron chi connectivity index (χ4n) is 2.46. The maximum atomic E-state index is 11.0. The van der Waals surface area contributed by atoms with Crippen LogP contribution in [0.25, 0.3) is 0 Å². The number of aromatic nitrogens is 1. The van der Waals surface area contributed by atoms with E-state index < -0.39 is 5.97 Å². The highest BCUT2D eigenvalue weighted by Gasteiger charge is 2.30. The fraction of sp³-hybridized carbons (Fsp3) is 0.538. The van der Waals surface area contributed by atoms with Gasteiger partial charge < -0.3 is 10.4 Å². The summed E-state index contributed by atoms with van der Waals surface area (Å²) in [5, 5.41) is 12.4. The van der Waals surface area contributed by atoms with Gasteiger partial charge in [0.05, 0.1) is 5.69 Å². The number of aromatic carboxylic acids is 1. The van der Waals surface area contributed by atoms with Crippen molar-refractivity contribution in [3.8, 4) is 0 Å². The first-order valence-electron chi connectivity index (χ1n) is 6.04. The molecule has 1 heterocycles. The third-order valence-electron chi connectivity index (χ3n) is 3.82. The Balaban J connectivity index is 2.16. The lowest BCUT2D eigenvalue weighted by atomic mass is 9.97. The molecule has 1 aliphatic rings.